The van der Waals surface area contributed by atoms with Gasteiger partial charge < -0.3 is 18.9 Å². The molecule has 0 fully saturated rings. The number of hydrogen-bond donors (Lipinski definition) is 0. The van der Waals surface area contributed by atoms with Gasteiger partial charge in [-0.05, 0) is 25.1 Å². The highest BCUT2D eigenvalue weighted by Crippen LogP contribution is 2.27. The Morgan fingerprint density at radius 1 is 0.920 bits per heavy atom. The standard InChI is InChI=1S/C19H21NO5/c1-14(21)18-17-7-8-20-19(18)25-12-4-10-23-16-6-2-5-15(13-16)22-9-3-11-24-17/h2,5-8,13H,3-4,9-12H2,1H3. The maximum atomic E-state index is 12.0. The summed E-state index contributed by atoms with van der Waals surface area (Å²) >= 11 is 0. The van der Waals surface area contributed by atoms with Crippen LogP contribution in [-0.2, 0) is 0 Å². The normalized spacial score (nSPS) is 15.1. The molecule has 0 N–H and O–H groups in total. The topological polar surface area (TPSA) is 66.9 Å². The molecule has 0 radical (unpaired) electrons. The van der Waals surface area contributed by atoms with Gasteiger partial charge in [0, 0.05) is 25.1 Å². The predicted octanol–water partition coefficient (Wildman–Crippen LogP) is 3.29. The van der Waals surface area contributed by atoms with Crippen LogP contribution in [0.3, 0.4) is 0 Å². The van der Waals surface area contributed by atoms with Crippen molar-refractivity contribution in [1.29, 1.82) is 0 Å². The van der Waals surface area contributed by atoms with Gasteiger partial charge in [-0.15, -0.1) is 0 Å². The Morgan fingerprint density at radius 2 is 1.56 bits per heavy atom. The van der Waals surface area contributed by atoms with E-state index in [2.05, 4.69) is 4.98 Å². The molecule has 1 aliphatic rings. The van der Waals surface area contributed by atoms with Gasteiger partial charge in [0.1, 0.15) is 22.8 Å². The van der Waals surface area contributed by atoms with Crippen molar-refractivity contribution in [1.82, 2.24) is 4.98 Å². The van der Waals surface area contributed by atoms with E-state index in [0.29, 0.717) is 56.5 Å². The first-order chi connectivity index (χ1) is 12.2. The Kier molecular flexibility index (Phi) is 5.72. The molecular formula is C19H21NO5. The maximum Gasteiger partial charge on any atom is 0.228 e. The molecule has 0 unspecified atom stereocenters. The van der Waals surface area contributed by atoms with Crippen molar-refractivity contribution < 1.29 is 23.7 Å². The van der Waals surface area contributed by atoms with E-state index in [9.17, 15) is 4.79 Å². The van der Waals surface area contributed by atoms with Crippen molar-refractivity contribution >= 4 is 5.78 Å². The summed E-state index contributed by atoms with van der Waals surface area (Å²) in [4.78, 5) is 16.1. The molecule has 1 aromatic carbocycles. The van der Waals surface area contributed by atoms with Gasteiger partial charge in [0.05, 0.1) is 26.4 Å². The number of aromatic nitrogens is 1. The molecule has 6 nitrogen and oxygen atoms in total. The smallest absolute Gasteiger partial charge is 0.228 e. The largest absolute Gasteiger partial charge is 0.493 e. The number of rotatable bonds is 1. The Morgan fingerprint density at radius 3 is 2.24 bits per heavy atom. The summed E-state index contributed by atoms with van der Waals surface area (Å²) in [5, 5.41) is 0. The van der Waals surface area contributed by atoms with Crippen molar-refractivity contribution in [3.8, 4) is 23.1 Å². The lowest BCUT2D eigenvalue weighted by molar-refractivity contribution is 0.100. The molecule has 0 saturated carbocycles. The first kappa shape index (κ1) is 17.1. The minimum atomic E-state index is -0.137. The molecule has 132 valence electrons. The van der Waals surface area contributed by atoms with Gasteiger partial charge in [0.25, 0.3) is 0 Å². The molecule has 0 atom stereocenters. The van der Waals surface area contributed by atoms with E-state index < -0.39 is 0 Å². The summed E-state index contributed by atoms with van der Waals surface area (Å²) in [7, 11) is 0. The minimum absolute atomic E-state index is 0.137. The van der Waals surface area contributed by atoms with E-state index in [-0.39, 0.29) is 5.78 Å². The van der Waals surface area contributed by atoms with Crippen LogP contribution >= 0.6 is 0 Å². The molecule has 3 rings (SSSR count). The van der Waals surface area contributed by atoms with Crippen LogP contribution in [0.1, 0.15) is 30.1 Å². The van der Waals surface area contributed by atoms with Crippen LogP contribution in [0.4, 0.5) is 0 Å². The number of ether oxygens (including phenoxy) is 4. The van der Waals surface area contributed by atoms with Crippen LogP contribution in [-0.4, -0.2) is 37.2 Å². The third-order valence-electron chi connectivity index (χ3n) is 3.65. The fourth-order valence-corrected chi connectivity index (χ4v) is 2.48. The maximum absolute atomic E-state index is 12.0. The zero-order chi connectivity index (χ0) is 17.5. The van der Waals surface area contributed by atoms with Gasteiger partial charge in [0.15, 0.2) is 5.78 Å². The number of ketones is 1. The summed E-state index contributed by atoms with van der Waals surface area (Å²) in [6, 6.07) is 9.22. The molecule has 6 heteroatoms. The fourth-order valence-electron chi connectivity index (χ4n) is 2.48. The highest BCUT2D eigenvalue weighted by Gasteiger charge is 2.17. The third-order valence-corrected chi connectivity index (χ3v) is 3.65. The number of benzene rings is 1. The summed E-state index contributed by atoms with van der Waals surface area (Å²) < 4.78 is 22.9. The molecule has 0 aliphatic carbocycles. The minimum Gasteiger partial charge on any atom is -0.493 e. The van der Waals surface area contributed by atoms with Crippen LogP contribution < -0.4 is 18.9 Å². The summed E-state index contributed by atoms with van der Waals surface area (Å²) in [5.41, 5.74) is 0.377. The monoisotopic (exact) mass is 343 g/mol. The van der Waals surface area contributed by atoms with Crippen LogP contribution in [0.5, 0.6) is 23.1 Å². The number of hydrogen-bond acceptors (Lipinski definition) is 6. The second-order valence-corrected chi connectivity index (χ2v) is 5.62. The molecule has 2 aromatic rings. The molecule has 1 aliphatic heterocycles. The average molecular weight is 343 g/mol. The van der Waals surface area contributed by atoms with Gasteiger partial charge in [0.2, 0.25) is 5.88 Å². The second kappa shape index (κ2) is 8.37. The van der Waals surface area contributed by atoms with Crippen LogP contribution in [0.15, 0.2) is 36.5 Å². The van der Waals surface area contributed by atoms with Crippen LogP contribution in [0, 0.1) is 0 Å². The highest BCUT2D eigenvalue weighted by atomic mass is 16.5. The molecule has 0 saturated heterocycles. The van der Waals surface area contributed by atoms with E-state index in [1.807, 2.05) is 24.3 Å². The molecule has 0 spiro atoms. The van der Waals surface area contributed by atoms with E-state index in [1.54, 1.807) is 12.3 Å². The Labute approximate surface area is 146 Å². The van der Waals surface area contributed by atoms with E-state index >= 15 is 0 Å². The lowest BCUT2D eigenvalue weighted by Crippen LogP contribution is -2.12. The lowest BCUT2D eigenvalue weighted by atomic mass is 10.2. The molecular weight excluding hydrogens is 322 g/mol. The molecule has 2 heterocycles. The molecule has 0 amide bonds. The van der Waals surface area contributed by atoms with Crippen LogP contribution in [0.25, 0.3) is 0 Å². The second-order valence-electron chi connectivity index (χ2n) is 5.62. The number of carbonyl (C=O) groups is 1. The SMILES string of the molecule is CC(=O)c1c2ccnc1OCCCOc1cccc(c1)OCCCO2. The zero-order valence-electron chi connectivity index (χ0n) is 14.2. The first-order valence-corrected chi connectivity index (χ1v) is 8.35. The van der Waals surface area contributed by atoms with Crippen molar-refractivity contribution in [3.05, 3.63) is 42.1 Å². The van der Waals surface area contributed by atoms with Crippen molar-refractivity contribution in [3.63, 3.8) is 0 Å². The quantitative estimate of drug-likeness (QED) is 0.740. The fraction of sp³-hybridized carbons (Fsp3) is 0.368. The Balaban J connectivity index is 1.76. The van der Waals surface area contributed by atoms with E-state index in [0.717, 1.165) is 11.5 Å². The third kappa shape index (κ3) is 4.62. The van der Waals surface area contributed by atoms with E-state index in [1.165, 1.54) is 6.92 Å². The molecule has 4 bridgehead atoms. The number of carbonyl (C=O) groups excluding carboxylic acids is 1. The summed E-state index contributed by atoms with van der Waals surface area (Å²) in [5.74, 6) is 2.17. The van der Waals surface area contributed by atoms with Crippen molar-refractivity contribution in [2.45, 2.75) is 19.8 Å². The zero-order valence-corrected chi connectivity index (χ0v) is 14.2. The summed E-state index contributed by atoms with van der Waals surface area (Å²) in [6.45, 7) is 3.31. The van der Waals surface area contributed by atoms with Gasteiger partial charge in [-0.2, -0.15) is 0 Å². The Hall–Kier alpha value is -2.76. The number of fused-ring (bicyclic) bond motifs is 4. The highest BCUT2D eigenvalue weighted by molar-refractivity contribution is 5.99. The van der Waals surface area contributed by atoms with Gasteiger partial charge in [-0.3, -0.25) is 4.79 Å². The first-order valence-electron chi connectivity index (χ1n) is 8.35. The average Bonchev–Trinajstić information content (AvgIpc) is 2.60. The predicted molar refractivity (Wildman–Crippen MR) is 91.9 cm³/mol. The van der Waals surface area contributed by atoms with Gasteiger partial charge in [-0.1, -0.05) is 6.07 Å². The van der Waals surface area contributed by atoms with Crippen molar-refractivity contribution in [2.75, 3.05) is 26.4 Å². The lowest BCUT2D eigenvalue weighted by Gasteiger charge is -2.15. The Bertz CT molecular complexity index is 684. The number of Topliss-reactive ketones (excluding diaryl/α,β-unsaturated/α-hetero) is 1. The molecule has 1 aromatic heterocycles. The van der Waals surface area contributed by atoms with Crippen LogP contribution in [0.2, 0.25) is 0 Å². The van der Waals surface area contributed by atoms with Gasteiger partial charge >= 0.3 is 0 Å². The van der Waals surface area contributed by atoms with Gasteiger partial charge in [-0.25, -0.2) is 4.98 Å². The summed E-state index contributed by atoms with van der Waals surface area (Å²) in [6.07, 6.45) is 2.92. The van der Waals surface area contributed by atoms with Crippen molar-refractivity contribution in [2.24, 2.45) is 0 Å². The number of nitrogens with zero attached hydrogens (tertiary/aromatic N) is 1. The molecule has 25 heavy (non-hydrogen) atoms. The van der Waals surface area contributed by atoms with E-state index in [4.69, 9.17) is 18.9 Å². The number of pyridine rings is 1.